The number of methoxy groups -OCH3 is 1. The maximum Gasteiger partial charge on any atom is 0.356 e. The van der Waals surface area contributed by atoms with Gasteiger partial charge in [0.1, 0.15) is 10.4 Å². The number of aromatic nitrogens is 2. The van der Waals surface area contributed by atoms with E-state index in [0.717, 1.165) is 26.2 Å². The van der Waals surface area contributed by atoms with Crippen molar-refractivity contribution >= 4 is 27.6 Å². The zero-order valence-corrected chi connectivity index (χ0v) is 15.1. The minimum Gasteiger partial charge on any atom is -0.464 e. The Bertz CT molecular complexity index is 757. The van der Waals surface area contributed by atoms with Crippen LogP contribution in [0.25, 0.3) is 5.69 Å². The number of hydrogen-bond donors (Lipinski definition) is 0. The maximum atomic E-state index is 14.6. The number of benzene rings is 1. The molecule has 0 bridgehead atoms. The molecule has 24 heavy (non-hydrogen) atoms. The van der Waals surface area contributed by atoms with Crippen molar-refractivity contribution < 1.29 is 13.9 Å². The summed E-state index contributed by atoms with van der Waals surface area (Å²) in [4.78, 5) is 16.1. The van der Waals surface area contributed by atoms with E-state index in [1.54, 1.807) is 12.1 Å². The molecular formula is C16H18BrFN4O2. The van der Waals surface area contributed by atoms with Crippen molar-refractivity contribution in [3.05, 3.63) is 40.4 Å². The highest BCUT2D eigenvalue weighted by atomic mass is 79.9. The smallest absolute Gasteiger partial charge is 0.356 e. The maximum absolute atomic E-state index is 14.6. The second-order valence-corrected chi connectivity index (χ2v) is 6.49. The van der Waals surface area contributed by atoms with Crippen molar-refractivity contribution in [1.29, 1.82) is 0 Å². The first-order chi connectivity index (χ1) is 11.5. The highest BCUT2D eigenvalue weighted by molar-refractivity contribution is 9.10. The summed E-state index contributed by atoms with van der Waals surface area (Å²) in [5.41, 5.74) is 1.27. The fourth-order valence-electron chi connectivity index (χ4n) is 2.73. The Morgan fingerprint density at radius 2 is 1.96 bits per heavy atom. The number of hydrogen-bond acceptors (Lipinski definition) is 5. The van der Waals surface area contributed by atoms with Crippen molar-refractivity contribution in [3.63, 3.8) is 0 Å². The number of halogens is 2. The molecule has 1 fully saturated rings. The molecule has 8 heteroatoms. The highest BCUT2D eigenvalue weighted by Crippen LogP contribution is 2.25. The van der Waals surface area contributed by atoms with Crippen molar-refractivity contribution in [1.82, 2.24) is 14.7 Å². The number of carbonyl (C=O) groups excluding carboxylic acids is 1. The van der Waals surface area contributed by atoms with Crippen LogP contribution in [-0.4, -0.2) is 61.0 Å². The molecule has 0 amide bonds. The molecule has 1 aliphatic heterocycles. The summed E-state index contributed by atoms with van der Waals surface area (Å²) in [6, 6.07) is 6.41. The fourth-order valence-corrected chi connectivity index (χ4v) is 3.11. The first-order valence-electron chi connectivity index (χ1n) is 7.57. The number of anilines is 1. The standard InChI is InChI=1S/C16H18BrFN4O2/c1-20-5-7-21(8-6-20)13-4-3-11(9-12(13)18)22-14(16(23)24-2)10-15(17)19-22/h3-4,9-10H,5-8H2,1-2H3. The lowest BCUT2D eigenvalue weighted by Crippen LogP contribution is -2.44. The van der Waals surface area contributed by atoms with E-state index in [1.807, 2.05) is 4.90 Å². The Kier molecular flexibility index (Phi) is 4.86. The van der Waals surface area contributed by atoms with E-state index in [0.29, 0.717) is 16.0 Å². The lowest BCUT2D eigenvalue weighted by atomic mass is 10.2. The van der Waals surface area contributed by atoms with Gasteiger partial charge in [-0.25, -0.2) is 13.9 Å². The van der Waals surface area contributed by atoms with Gasteiger partial charge in [-0.2, -0.15) is 5.10 Å². The molecule has 0 aliphatic carbocycles. The Morgan fingerprint density at radius 3 is 2.58 bits per heavy atom. The number of carbonyl (C=O) groups is 1. The molecule has 0 unspecified atom stereocenters. The summed E-state index contributed by atoms with van der Waals surface area (Å²) in [7, 11) is 3.35. The number of likely N-dealkylation sites (N-methyl/N-ethyl adjacent to an activating group) is 1. The molecular weight excluding hydrogens is 379 g/mol. The van der Waals surface area contributed by atoms with Crippen LogP contribution >= 0.6 is 15.9 Å². The van der Waals surface area contributed by atoms with Gasteiger partial charge in [-0.15, -0.1) is 0 Å². The number of nitrogens with zero attached hydrogens (tertiary/aromatic N) is 4. The fraction of sp³-hybridized carbons (Fsp3) is 0.375. The molecule has 2 heterocycles. The molecule has 0 radical (unpaired) electrons. The van der Waals surface area contributed by atoms with Crippen LogP contribution < -0.4 is 4.90 Å². The zero-order valence-electron chi connectivity index (χ0n) is 13.5. The van der Waals surface area contributed by atoms with Gasteiger partial charge in [0, 0.05) is 38.3 Å². The molecule has 0 N–H and O–H groups in total. The molecule has 0 atom stereocenters. The van der Waals surface area contributed by atoms with Gasteiger partial charge >= 0.3 is 5.97 Å². The summed E-state index contributed by atoms with van der Waals surface area (Å²) >= 11 is 3.23. The summed E-state index contributed by atoms with van der Waals surface area (Å²) in [6.07, 6.45) is 0. The highest BCUT2D eigenvalue weighted by Gasteiger charge is 2.20. The van der Waals surface area contributed by atoms with Crippen LogP contribution in [0.5, 0.6) is 0 Å². The molecule has 128 valence electrons. The van der Waals surface area contributed by atoms with Crippen LogP contribution in [0.3, 0.4) is 0 Å². The second-order valence-electron chi connectivity index (χ2n) is 5.68. The number of rotatable bonds is 3. The zero-order chi connectivity index (χ0) is 17.3. The molecule has 1 aliphatic rings. The third kappa shape index (κ3) is 3.29. The van der Waals surface area contributed by atoms with Gasteiger partial charge in [-0.3, -0.25) is 0 Å². The summed E-state index contributed by atoms with van der Waals surface area (Å²) in [5.74, 6) is -0.865. The molecule has 1 saturated heterocycles. The van der Waals surface area contributed by atoms with Crippen molar-refractivity contribution in [2.75, 3.05) is 45.2 Å². The summed E-state index contributed by atoms with van der Waals surface area (Å²) in [6.45, 7) is 3.38. The lowest BCUT2D eigenvalue weighted by Gasteiger charge is -2.34. The largest absolute Gasteiger partial charge is 0.464 e. The average molecular weight is 397 g/mol. The Balaban J connectivity index is 1.92. The summed E-state index contributed by atoms with van der Waals surface area (Å²) < 4.78 is 21.2. The van der Waals surface area contributed by atoms with Crippen LogP contribution in [0, 0.1) is 5.82 Å². The van der Waals surface area contributed by atoms with Crippen LogP contribution in [0.1, 0.15) is 10.5 Å². The monoisotopic (exact) mass is 396 g/mol. The molecule has 3 rings (SSSR count). The van der Waals surface area contributed by atoms with Gasteiger partial charge in [-0.05, 0) is 35.1 Å². The second kappa shape index (κ2) is 6.90. The molecule has 6 nitrogen and oxygen atoms in total. The van der Waals surface area contributed by atoms with Crippen molar-refractivity contribution in [3.8, 4) is 5.69 Å². The number of piperazine rings is 1. The van der Waals surface area contributed by atoms with E-state index in [1.165, 1.54) is 23.9 Å². The van der Waals surface area contributed by atoms with E-state index in [4.69, 9.17) is 4.74 Å². The van der Waals surface area contributed by atoms with Gasteiger partial charge in [0.25, 0.3) is 0 Å². The van der Waals surface area contributed by atoms with Crippen LogP contribution in [0.15, 0.2) is 28.9 Å². The van der Waals surface area contributed by atoms with Crippen molar-refractivity contribution in [2.45, 2.75) is 0 Å². The van der Waals surface area contributed by atoms with E-state index in [2.05, 4.69) is 33.0 Å². The Morgan fingerprint density at radius 1 is 1.25 bits per heavy atom. The first-order valence-corrected chi connectivity index (χ1v) is 8.36. The predicted molar refractivity (Wildman–Crippen MR) is 92.3 cm³/mol. The van der Waals surface area contributed by atoms with Gasteiger partial charge in [0.15, 0.2) is 5.69 Å². The molecule has 0 spiro atoms. The molecule has 2 aromatic rings. The predicted octanol–water partition coefficient (Wildman–Crippen LogP) is 2.31. The Labute approximate surface area is 147 Å². The Hall–Kier alpha value is -1.93. The quantitative estimate of drug-likeness (QED) is 0.745. The number of esters is 1. The lowest BCUT2D eigenvalue weighted by molar-refractivity contribution is 0.0590. The van der Waals surface area contributed by atoms with E-state index < -0.39 is 5.97 Å². The third-order valence-corrected chi connectivity index (χ3v) is 4.48. The third-order valence-electron chi connectivity index (χ3n) is 4.09. The minimum atomic E-state index is -0.531. The molecule has 1 aromatic heterocycles. The summed E-state index contributed by atoms with van der Waals surface area (Å²) in [5, 5.41) is 4.19. The number of ether oxygens (including phenoxy) is 1. The van der Waals surface area contributed by atoms with Crippen LogP contribution in [0.4, 0.5) is 10.1 Å². The first kappa shape index (κ1) is 16.9. The molecule has 1 aromatic carbocycles. The van der Waals surface area contributed by atoms with Gasteiger partial charge in [0.05, 0.1) is 18.5 Å². The van der Waals surface area contributed by atoms with Crippen molar-refractivity contribution in [2.24, 2.45) is 0 Å². The van der Waals surface area contributed by atoms with Crippen LogP contribution in [0.2, 0.25) is 0 Å². The van der Waals surface area contributed by atoms with Crippen LogP contribution in [-0.2, 0) is 4.74 Å². The van der Waals surface area contributed by atoms with Gasteiger partial charge in [0.2, 0.25) is 0 Å². The van der Waals surface area contributed by atoms with E-state index >= 15 is 0 Å². The van der Waals surface area contributed by atoms with E-state index in [-0.39, 0.29) is 11.5 Å². The minimum absolute atomic E-state index is 0.233. The topological polar surface area (TPSA) is 50.6 Å². The van der Waals surface area contributed by atoms with E-state index in [9.17, 15) is 9.18 Å². The van der Waals surface area contributed by atoms with Gasteiger partial charge in [-0.1, -0.05) is 0 Å². The van der Waals surface area contributed by atoms with Gasteiger partial charge < -0.3 is 14.5 Å². The SMILES string of the molecule is COC(=O)c1cc(Br)nn1-c1ccc(N2CCN(C)CC2)c(F)c1. The molecule has 0 saturated carbocycles. The average Bonchev–Trinajstić information content (AvgIpc) is 2.97. The normalized spacial score (nSPS) is 15.6.